The highest BCUT2D eigenvalue weighted by Gasteiger charge is 2.17. The number of aromatic nitrogens is 2. The molecule has 0 fully saturated rings. The number of imidazole rings is 1. The molecule has 0 amide bonds. The van der Waals surface area contributed by atoms with Crippen LogP contribution in [0, 0.1) is 0 Å². The molecule has 2 rings (SSSR count). The van der Waals surface area contributed by atoms with Gasteiger partial charge >= 0.3 is 5.97 Å². The highest BCUT2D eigenvalue weighted by atomic mass is 16.4. The zero-order chi connectivity index (χ0) is 12.3. The van der Waals surface area contributed by atoms with E-state index in [0.717, 1.165) is 11.3 Å². The van der Waals surface area contributed by atoms with E-state index in [2.05, 4.69) is 4.98 Å². The van der Waals surface area contributed by atoms with Crippen molar-refractivity contribution in [3.05, 3.63) is 54.1 Å². The number of carbonyl (C=O) groups is 1. The van der Waals surface area contributed by atoms with E-state index in [-0.39, 0.29) is 0 Å². The minimum Gasteiger partial charge on any atom is -0.481 e. The molecule has 0 radical (unpaired) electrons. The maximum atomic E-state index is 11.0. The normalized spacial score (nSPS) is 12.3. The largest absolute Gasteiger partial charge is 0.481 e. The predicted molar refractivity (Wildman–Crippen MR) is 63.8 cm³/mol. The van der Waals surface area contributed by atoms with Crippen LogP contribution in [-0.4, -0.2) is 20.6 Å². The third-order valence-corrected chi connectivity index (χ3v) is 2.75. The number of aliphatic carboxylic acids is 1. The predicted octanol–water partition coefficient (Wildman–Crippen LogP) is 2.12. The van der Waals surface area contributed by atoms with Crippen LogP contribution in [0.5, 0.6) is 0 Å². The van der Waals surface area contributed by atoms with Crippen LogP contribution in [0.4, 0.5) is 0 Å². The van der Waals surface area contributed by atoms with E-state index < -0.39 is 11.9 Å². The van der Waals surface area contributed by atoms with Gasteiger partial charge in [-0.15, -0.1) is 0 Å². The summed E-state index contributed by atoms with van der Waals surface area (Å²) >= 11 is 0. The summed E-state index contributed by atoms with van der Waals surface area (Å²) in [5.74, 6) is -1.37. The fraction of sp³-hybridized carbons (Fsp3) is 0.231. The molecule has 1 aromatic carbocycles. The van der Waals surface area contributed by atoms with Crippen molar-refractivity contribution in [1.82, 2.24) is 9.55 Å². The second-order valence-electron chi connectivity index (χ2n) is 3.99. The summed E-state index contributed by atoms with van der Waals surface area (Å²) < 4.78 is 1.87. The number of benzene rings is 1. The van der Waals surface area contributed by atoms with Crippen LogP contribution in [-0.2, 0) is 11.3 Å². The molecule has 2 aromatic rings. The van der Waals surface area contributed by atoms with E-state index in [9.17, 15) is 4.79 Å². The van der Waals surface area contributed by atoms with E-state index in [4.69, 9.17) is 5.11 Å². The lowest BCUT2D eigenvalue weighted by molar-refractivity contribution is -0.138. The molecule has 0 saturated carbocycles. The summed E-state index contributed by atoms with van der Waals surface area (Å²) in [7, 11) is 0. The van der Waals surface area contributed by atoms with Crippen molar-refractivity contribution >= 4 is 5.97 Å². The Bertz CT molecular complexity index is 505. The van der Waals surface area contributed by atoms with Gasteiger partial charge in [-0.05, 0) is 12.5 Å². The van der Waals surface area contributed by atoms with Crippen LogP contribution in [0.3, 0.4) is 0 Å². The molecule has 1 N–H and O–H groups in total. The highest BCUT2D eigenvalue weighted by Crippen LogP contribution is 2.16. The van der Waals surface area contributed by atoms with Gasteiger partial charge in [-0.1, -0.05) is 30.3 Å². The molecule has 0 aliphatic carbocycles. The Morgan fingerprint density at radius 2 is 2.12 bits per heavy atom. The molecular formula is C13H14N2O2. The second kappa shape index (κ2) is 4.82. The Hall–Kier alpha value is -2.10. The molecular weight excluding hydrogens is 216 g/mol. The fourth-order valence-corrected chi connectivity index (χ4v) is 1.73. The highest BCUT2D eigenvalue weighted by molar-refractivity contribution is 5.74. The number of carboxylic acids is 1. The Labute approximate surface area is 99.5 Å². The van der Waals surface area contributed by atoms with Gasteiger partial charge < -0.3 is 9.67 Å². The molecule has 0 saturated heterocycles. The molecule has 0 spiro atoms. The summed E-state index contributed by atoms with van der Waals surface area (Å²) in [4.78, 5) is 15.0. The standard InChI is InChI=1S/C13H14N2O2/c1-10(13(16)17)12-7-14-9-15(12)8-11-5-3-2-4-6-11/h2-7,9-10H,8H2,1H3,(H,16,17). The van der Waals surface area contributed by atoms with Crippen LogP contribution < -0.4 is 0 Å². The van der Waals surface area contributed by atoms with E-state index in [0.29, 0.717) is 6.54 Å². The summed E-state index contributed by atoms with van der Waals surface area (Å²) in [6.07, 6.45) is 3.28. The van der Waals surface area contributed by atoms with Gasteiger partial charge in [0.1, 0.15) is 0 Å². The average molecular weight is 230 g/mol. The molecule has 4 nitrogen and oxygen atoms in total. The van der Waals surface area contributed by atoms with Gasteiger partial charge in [0.2, 0.25) is 0 Å². The Balaban J connectivity index is 2.23. The lowest BCUT2D eigenvalue weighted by Crippen LogP contribution is -2.13. The quantitative estimate of drug-likeness (QED) is 0.875. The summed E-state index contributed by atoms with van der Waals surface area (Å²) in [6.45, 7) is 2.31. The van der Waals surface area contributed by atoms with Crippen LogP contribution >= 0.6 is 0 Å². The number of rotatable bonds is 4. The van der Waals surface area contributed by atoms with Gasteiger partial charge in [0.25, 0.3) is 0 Å². The first-order chi connectivity index (χ1) is 8.18. The number of hydrogen-bond acceptors (Lipinski definition) is 2. The van der Waals surface area contributed by atoms with Crippen molar-refractivity contribution in [2.45, 2.75) is 19.4 Å². The molecule has 1 unspecified atom stereocenters. The SMILES string of the molecule is CC(C(=O)O)c1cncn1Cc1ccccc1. The third kappa shape index (κ3) is 2.53. The van der Waals surface area contributed by atoms with E-state index >= 15 is 0 Å². The third-order valence-electron chi connectivity index (χ3n) is 2.75. The Morgan fingerprint density at radius 1 is 1.41 bits per heavy atom. The zero-order valence-corrected chi connectivity index (χ0v) is 9.58. The Morgan fingerprint density at radius 3 is 2.76 bits per heavy atom. The number of hydrogen-bond donors (Lipinski definition) is 1. The summed E-state index contributed by atoms with van der Waals surface area (Å²) in [5, 5.41) is 9.00. The maximum absolute atomic E-state index is 11.0. The molecule has 0 aliphatic heterocycles. The lowest BCUT2D eigenvalue weighted by Gasteiger charge is -2.11. The van der Waals surface area contributed by atoms with E-state index in [1.54, 1.807) is 19.4 Å². The van der Waals surface area contributed by atoms with Crippen molar-refractivity contribution in [2.24, 2.45) is 0 Å². The minimum atomic E-state index is -0.834. The van der Waals surface area contributed by atoms with Crippen LogP contribution in [0.25, 0.3) is 0 Å². The molecule has 1 atom stereocenters. The second-order valence-corrected chi connectivity index (χ2v) is 3.99. The van der Waals surface area contributed by atoms with Gasteiger partial charge in [-0.2, -0.15) is 0 Å². The van der Waals surface area contributed by atoms with E-state index in [1.807, 2.05) is 34.9 Å². The number of carboxylic acid groups (broad SMARTS) is 1. The topological polar surface area (TPSA) is 55.1 Å². The van der Waals surface area contributed by atoms with Gasteiger partial charge in [0, 0.05) is 12.7 Å². The van der Waals surface area contributed by atoms with Gasteiger partial charge in [0.05, 0.1) is 17.9 Å². The Kier molecular flexibility index (Phi) is 3.23. The molecule has 0 aliphatic rings. The van der Waals surface area contributed by atoms with Crippen molar-refractivity contribution in [2.75, 3.05) is 0 Å². The van der Waals surface area contributed by atoms with Crippen LogP contribution in [0.15, 0.2) is 42.9 Å². The fourth-order valence-electron chi connectivity index (χ4n) is 1.73. The number of nitrogens with zero attached hydrogens (tertiary/aromatic N) is 2. The molecule has 0 bridgehead atoms. The molecule has 17 heavy (non-hydrogen) atoms. The maximum Gasteiger partial charge on any atom is 0.312 e. The zero-order valence-electron chi connectivity index (χ0n) is 9.58. The van der Waals surface area contributed by atoms with Crippen molar-refractivity contribution in [1.29, 1.82) is 0 Å². The summed E-state index contributed by atoms with van der Waals surface area (Å²) in [6, 6.07) is 9.90. The van der Waals surface area contributed by atoms with Crippen LogP contribution in [0.1, 0.15) is 24.1 Å². The van der Waals surface area contributed by atoms with Crippen molar-refractivity contribution < 1.29 is 9.90 Å². The first-order valence-corrected chi connectivity index (χ1v) is 5.45. The molecule has 88 valence electrons. The van der Waals surface area contributed by atoms with Gasteiger partial charge in [0.15, 0.2) is 0 Å². The van der Waals surface area contributed by atoms with Gasteiger partial charge in [-0.25, -0.2) is 4.98 Å². The van der Waals surface area contributed by atoms with Gasteiger partial charge in [-0.3, -0.25) is 4.79 Å². The minimum absolute atomic E-state index is 0.541. The molecule has 1 aromatic heterocycles. The first kappa shape index (κ1) is 11.4. The molecule has 1 heterocycles. The van der Waals surface area contributed by atoms with Crippen molar-refractivity contribution in [3.8, 4) is 0 Å². The average Bonchev–Trinajstić information content (AvgIpc) is 2.77. The molecule has 4 heteroatoms. The smallest absolute Gasteiger partial charge is 0.312 e. The van der Waals surface area contributed by atoms with Crippen LogP contribution in [0.2, 0.25) is 0 Å². The summed E-state index contributed by atoms with van der Waals surface area (Å²) in [5.41, 5.74) is 1.85. The lowest BCUT2D eigenvalue weighted by atomic mass is 10.1. The monoisotopic (exact) mass is 230 g/mol. The van der Waals surface area contributed by atoms with Crippen molar-refractivity contribution in [3.63, 3.8) is 0 Å². The first-order valence-electron chi connectivity index (χ1n) is 5.45. The van der Waals surface area contributed by atoms with E-state index in [1.165, 1.54) is 0 Å².